The third kappa shape index (κ3) is 7.63. The summed E-state index contributed by atoms with van der Waals surface area (Å²) in [5.74, 6) is -81.7. The molecule has 0 aliphatic carbocycles. The Balaban J connectivity index is 5.56. The first-order chi connectivity index (χ1) is 21.5. The summed E-state index contributed by atoms with van der Waals surface area (Å²) in [6.07, 6.45) is -21.7. The molecule has 0 rings (SSSR count). The number of rotatable bonds is 14. The van der Waals surface area contributed by atoms with E-state index in [1.165, 1.54) is 0 Å². The molecule has 0 aliphatic heterocycles. The lowest BCUT2D eigenvalue weighted by atomic mass is 9.93. The van der Waals surface area contributed by atoms with Crippen molar-refractivity contribution in [3.8, 4) is 11.8 Å². The Kier molecular flexibility index (Phi) is 12.5. The molecule has 50 heavy (non-hydrogen) atoms. The molecule has 0 bridgehead atoms. The molecule has 0 radical (unpaired) electrons. The maximum absolute atomic E-state index is 13.6. The number of hydrogen-bond acceptors (Lipinski definition) is 4. The molecular weight excluding hydrogens is 798 g/mol. The summed E-state index contributed by atoms with van der Waals surface area (Å²) in [5, 5.41) is 0. The van der Waals surface area contributed by atoms with Gasteiger partial charge in [0.05, 0.1) is 26.1 Å². The summed E-state index contributed by atoms with van der Waals surface area (Å²) in [5.41, 5.74) is 0. The quantitative estimate of drug-likeness (QED) is 0.0768. The van der Waals surface area contributed by atoms with E-state index in [2.05, 4.69) is 9.47 Å². The van der Waals surface area contributed by atoms with Gasteiger partial charge in [-0.25, -0.2) is 9.59 Å². The van der Waals surface area contributed by atoms with Crippen molar-refractivity contribution in [2.24, 2.45) is 0 Å². The fraction of sp³-hybridized carbons (Fsp3) is 0.800. The molecule has 0 aromatic heterocycles. The third-order valence-electron chi connectivity index (χ3n) is 5.56. The van der Waals surface area contributed by atoms with Crippen molar-refractivity contribution >= 4 is 11.9 Å². The Bertz CT molecular complexity index is 1200. The zero-order valence-corrected chi connectivity index (χ0v) is 22.3. The van der Waals surface area contributed by atoms with Gasteiger partial charge in [0.15, 0.2) is 0 Å². The second kappa shape index (κ2) is 13.3. The minimum atomic E-state index is -8.26. The fourth-order valence-electron chi connectivity index (χ4n) is 2.64. The van der Waals surface area contributed by atoms with Gasteiger partial charge in [-0.15, -0.1) is 0 Å². The zero-order valence-electron chi connectivity index (χ0n) is 22.3. The van der Waals surface area contributed by atoms with Crippen LogP contribution in [0.1, 0.15) is 12.8 Å². The molecule has 0 saturated heterocycles. The van der Waals surface area contributed by atoms with Crippen LogP contribution in [0.5, 0.6) is 0 Å². The molecule has 0 N–H and O–H groups in total. The molecule has 30 heteroatoms. The Labute approximate surface area is 256 Å². The van der Waals surface area contributed by atoms with E-state index in [0.29, 0.717) is 11.8 Å². The fourth-order valence-corrected chi connectivity index (χ4v) is 2.64. The van der Waals surface area contributed by atoms with Crippen LogP contribution in [0.2, 0.25) is 0 Å². The van der Waals surface area contributed by atoms with E-state index in [1.54, 1.807) is 0 Å². The standard InChI is InChI=1S/C20H8F26O4/c21-9(22,11(25,26)13(29,30)15(33,34)17(37,38)19(41,42)43)3-5-49-7(47)1-2-8(48)50-6-4-10(23,24)12(27,28)14(31,32)16(35,36)18(39,40)20(44,45)46/h3-6H2. The summed E-state index contributed by atoms with van der Waals surface area (Å²) in [6, 6.07) is 0. The van der Waals surface area contributed by atoms with Gasteiger partial charge in [-0.1, -0.05) is 0 Å². The van der Waals surface area contributed by atoms with Gasteiger partial charge in [-0.3, -0.25) is 0 Å². The lowest BCUT2D eigenvalue weighted by molar-refractivity contribution is -0.440. The number of carbonyl (C=O) groups excluding carboxylic acids is 2. The van der Waals surface area contributed by atoms with E-state index in [-0.39, 0.29) is 0 Å². The van der Waals surface area contributed by atoms with Crippen molar-refractivity contribution in [2.45, 2.75) is 84.4 Å². The molecule has 0 unspecified atom stereocenters. The predicted molar refractivity (Wildman–Crippen MR) is 101 cm³/mol. The second-order valence-corrected chi connectivity index (χ2v) is 9.02. The molecule has 0 saturated carbocycles. The molecule has 0 fully saturated rings. The predicted octanol–water partition coefficient (Wildman–Crippen LogP) is 8.33. The number of ether oxygens (including phenoxy) is 2. The molecule has 0 aliphatic rings. The molecule has 0 heterocycles. The normalized spacial score (nSPS) is 15.3. The van der Waals surface area contributed by atoms with Crippen LogP contribution in [0.4, 0.5) is 114 Å². The molecule has 4 nitrogen and oxygen atoms in total. The average Bonchev–Trinajstić information content (AvgIpc) is 2.89. The smallest absolute Gasteiger partial charge is 0.456 e. The molecule has 0 atom stereocenters. The minimum Gasteiger partial charge on any atom is -0.456 e. The Morgan fingerprint density at radius 2 is 0.540 bits per heavy atom. The first-order valence-corrected chi connectivity index (χ1v) is 11.3. The van der Waals surface area contributed by atoms with Crippen molar-refractivity contribution in [1.29, 1.82) is 0 Å². The number of esters is 2. The van der Waals surface area contributed by atoms with Gasteiger partial charge >= 0.3 is 83.5 Å². The van der Waals surface area contributed by atoms with E-state index in [1.807, 2.05) is 0 Å². The number of halogens is 26. The topological polar surface area (TPSA) is 52.6 Å². The van der Waals surface area contributed by atoms with Gasteiger partial charge in [-0.05, 0) is 0 Å². The molecule has 0 amide bonds. The molecular formula is C20H8F26O4. The highest BCUT2D eigenvalue weighted by atomic mass is 19.4. The van der Waals surface area contributed by atoms with E-state index in [0.717, 1.165) is 0 Å². The van der Waals surface area contributed by atoms with Crippen LogP contribution in [0, 0.1) is 11.8 Å². The van der Waals surface area contributed by atoms with Gasteiger partial charge < -0.3 is 9.47 Å². The van der Waals surface area contributed by atoms with Crippen molar-refractivity contribution in [3.05, 3.63) is 0 Å². The van der Waals surface area contributed by atoms with E-state index in [9.17, 15) is 124 Å². The van der Waals surface area contributed by atoms with Crippen LogP contribution in [-0.2, 0) is 19.1 Å². The maximum atomic E-state index is 13.6. The largest absolute Gasteiger partial charge is 0.460 e. The summed E-state index contributed by atoms with van der Waals surface area (Å²) in [4.78, 5) is 22.3. The summed E-state index contributed by atoms with van der Waals surface area (Å²) >= 11 is 0. The first-order valence-electron chi connectivity index (χ1n) is 11.3. The number of carbonyl (C=O) groups is 2. The van der Waals surface area contributed by atoms with Gasteiger partial charge in [0.2, 0.25) is 0 Å². The SMILES string of the molecule is O=C(C#CC(=O)OCCC(F)(F)C(F)(F)C(F)(F)C(F)(F)C(F)(F)C(F)(F)F)OCCC(F)(F)C(F)(F)C(F)(F)C(F)(F)C(F)(F)C(F)(F)F. The number of alkyl halides is 26. The first kappa shape index (κ1) is 46.7. The highest BCUT2D eigenvalue weighted by Crippen LogP contribution is 2.62. The molecule has 0 aromatic rings. The van der Waals surface area contributed by atoms with Crippen LogP contribution in [0.3, 0.4) is 0 Å². The second-order valence-electron chi connectivity index (χ2n) is 9.02. The van der Waals surface area contributed by atoms with Gasteiger partial charge in [0, 0.05) is 11.8 Å². The Morgan fingerprint density at radius 1 is 0.340 bits per heavy atom. The zero-order chi connectivity index (χ0) is 40.8. The summed E-state index contributed by atoms with van der Waals surface area (Å²) < 4.78 is 344. The van der Waals surface area contributed by atoms with Crippen molar-refractivity contribution in [1.82, 2.24) is 0 Å². The molecule has 294 valence electrons. The minimum absolute atomic E-state index is 0.696. The maximum Gasteiger partial charge on any atom is 0.460 e. The van der Waals surface area contributed by atoms with Crippen molar-refractivity contribution in [2.75, 3.05) is 13.2 Å². The van der Waals surface area contributed by atoms with Crippen LogP contribution in [0.25, 0.3) is 0 Å². The Morgan fingerprint density at radius 3 is 0.740 bits per heavy atom. The van der Waals surface area contributed by atoms with Gasteiger partial charge in [0.25, 0.3) is 0 Å². The molecule has 0 aromatic carbocycles. The lowest BCUT2D eigenvalue weighted by Crippen LogP contribution is -2.70. The highest BCUT2D eigenvalue weighted by Gasteiger charge is 2.92. The van der Waals surface area contributed by atoms with Crippen LogP contribution in [-0.4, -0.2) is 96.7 Å². The van der Waals surface area contributed by atoms with Crippen LogP contribution >= 0.6 is 0 Å². The van der Waals surface area contributed by atoms with Gasteiger partial charge in [-0.2, -0.15) is 114 Å². The van der Waals surface area contributed by atoms with Gasteiger partial charge in [0.1, 0.15) is 0 Å². The van der Waals surface area contributed by atoms with E-state index < -0.39 is 110 Å². The summed E-state index contributed by atoms with van der Waals surface area (Å²) in [7, 11) is 0. The average molecular weight is 806 g/mol. The lowest BCUT2D eigenvalue weighted by Gasteiger charge is -2.39. The van der Waals surface area contributed by atoms with Crippen LogP contribution < -0.4 is 0 Å². The summed E-state index contributed by atoms with van der Waals surface area (Å²) in [6.45, 7) is -4.84. The number of hydrogen-bond donors (Lipinski definition) is 0. The van der Waals surface area contributed by atoms with Crippen molar-refractivity contribution in [3.63, 3.8) is 0 Å². The third-order valence-corrected chi connectivity index (χ3v) is 5.56. The van der Waals surface area contributed by atoms with Crippen molar-refractivity contribution < 1.29 is 133 Å². The Hall–Kier alpha value is -3.32. The monoisotopic (exact) mass is 806 g/mol. The van der Waals surface area contributed by atoms with E-state index in [4.69, 9.17) is 0 Å². The van der Waals surface area contributed by atoms with E-state index >= 15 is 0 Å². The highest BCUT2D eigenvalue weighted by molar-refractivity contribution is 5.98. The van der Waals surface area contributed by atoms with Crippen LogP contribution in [0.15, 0.2) is 0 Å². The molecule has 0 spiro atoms.